The lowest BCUT2D eigenvalue weighted by Gasteiger charge is -2.34. The first-order valence-corrected chi connectivity index (χ1v) is 3.69. The Morgan fingerprint density at radius 3 is 2.64 bits per heavy atom. The van der Waals surface area contributed by atoms with Crippen molar-refractivity contribution in [3.63, 3.8) is 0 Å². The molecule has 4 nitrogen and oxygen atoms in total. The SMILES string of the molecule is CO[C@H]1C[C@H](O)OC(C)[C@@H]1O. The Morgan fingerprint density at radius 1 is 1.45 bits per heavy atom. The topological polar surface area (TPSA) is 58.9 Å². The molecule has 0 aromatic carbocycles. The molecule has 0 aromatic heterocycles. The molecule has 1 unspecified atom stereocenters. The molecular formula is C7H14O4. The third-order valence-electron chi connectivity index (χ3n) is 1.97. The van der Waals surface area contributed by atoms with Crippen LogP contribution in [0.1, 0.15) is 13.3 Å². The molecule has 0 aliphatic carbocycles. The van der Waals surface area contributed by atoms with Gasteiger partial charge in [0.1, 0.15) is 6.10 Å². The Labute approximate surface area is 65.7 Å². The van der Waals surface area contributed by atoms with Crippen LogP contribution < -0.4 is 0 Å². The van der Waals surface area contributed by atoms with Crippen molar-refractivity contribution >= 4 is 0 Å². The van der Waals surface area contributed by atoms with Gasteiger partial charge in [-0.3, -0.25) is 0 Å². The summed E-state index contributed by atoms with van der Waals surface area (Å²) >= 11 is 0. The summed E-state index contributed by atoms with van der Waals surface area (Å²) in [5.74, 6) is 0. The zero-order valence-electron chi connectivity index (χ0n) is 6.73. The second-order valence-corrected chi connectivity index (χ2v) is 2.80. The largest absolute Gasteiger partial charge is 0.388 e. The minimum Gasteiger partial charge on any atom is -0.388 e. The van der Waals surface area contributed by atoms with E-state index < -0.39 is 12.4 Å². The van der Waals surface area contributed by atoms with Crippen molar-refractivity contribution in [2.75, 3.05) is 7.11 Å². The van der Waals surface area contributed by atoms with Crippen LogP contribution in [-0.2, 0) is 9.47 Å². The number of ether oxygens (including phenoxy) is 2. The molecule has 0 amide bonds. The van der Waals surface area contributed by atoms with E-state index in [0.29, 0.717) is 6.42 Å². The fraction of sp³-hybridized carbons (Fsp3) is 1.00. The quantitative estimate of drug-likeness (QED) is 0.545. The summed E-state index contributed by atoms with van der Waals surface area (Å²) in [5, 5.41) is 18.5. The van der Waals surface area contributed by atoms with Crippen LogP contribution in [0.5, 0.6) is 0 Å². The van der Waals surface area contributed by atoms with E-state index in [1.54, 1.807) is 6.92 Å². The van der Waals surface area contributed by atoms with Crippen molar-refractivity contribution in [3.05, 3.63) is 0 Å². The maximum absolute atomic E-state index is 9.39. The predicted molar refractivity (Wildman–Crippen MR) is 38.0 cm³/mol. The second-order valence-electron chi connectivity index (χ2n) is 2.80. The van der Waals surface area contributed by atoms with E-state index in [9.17, 15) is 5.11 Å². The van der Waals surface area contributed by atoms with Gasteiger partial charge in [0.15, 0.2) is 6.29 Å². The van der Waals surface area contributed by atoms with E-state index in [1.165, 1.54) is 7.11 Å². The lowest BCUT2D eigenvalue weighted by atomic mass is 10.0. The highest BCUT2D eigenvalue weighted by atomic mass is 16.6. The Balaban J connectivity index is 2.51. The standard InChI is InChI=1S/C7H14O4/c1-4-7(9)5(10-2)3-6(8)11-4/h4-9H,3H2,1-2H3/t4?,5-,6+,7-/m0/s1. The van der Waals surface area contributed by atoms with Gasteiger partial charge in [0.05, 0.1) is 12.2 Å². The van der Waals surface area contributed by atoms with E-state index in [0.717, 1.165) is 0 Å². The number of rotatable bonds is 1. The second kappa shape index (κ2) is 3.49. The third-order valence-corrected chi connectivity index (χ3v) is 1.97. The van der Waals surface area contributed by atoms with Gasteiger partial charge in [0, 0.05) is 13.5 Å². The number of aliphatic hydroxyl groups excluding tert-OH is 2. The van der Waals surface area contributed by atoms with Crippen molar-refractivity contribution in [1.29, 1.82) is 0 Å². The van der Waals surface area contributed by atoms with Gasteiger partial charge in [0.25, 0.3) is 0 Å². The maximum atomic E-state index is 9.39. The molecule has 2 N–H and O–H groups in total. The summed E-state index contributed by atoms with van der Waals surface area (Å²) in [6, 6.07) is 0. The van der Waals surface area contributed by atoms with E-state index in [2.05, 4.69) is 0 Å². The number of hydrogen-bond acceptors (Lipinski definition) is 4. The zero-order chi connectivity index (χ0) is 8.43. The zero-order valence-corrected chi connectivity index (χ0v) is 6.73. The van der Waals surface area contributed by atoms with Gasteiger partial charge in [-0.05, 0) is 6.92 Å². The highest BCUT2D eigenvalue weighted by molar-refractivity contribution is 4.80. The van der Waals surface area contributed by atoms with Crippen LogP contribution in [0.15, 0.2) is 0 Å². The molecular weight excluding hydrogens is 148 g/mol. The van der Waals surface area contributed by atoms with Crippen LogP contribution in [-0.4, -0.2) is 41.9 Å². The van der Waals surface area contributed by atoms with E-state index in [4.69, 9.17) is 14.6 Å². The molecule has 4 heteroatoms. The lowest BCUT2D eigenvalue weighted by molar-refractivity contribution is -0.231. The third kappa shape index (κ3) is 1.90. The van der Waals surface area contributed by atoms with Gasteiger partial charge < -0.3 is 19.7 Å². The summed E-state index contributed by atoms with van der Waals surface area (Å²) in [7, 11) is 1.51. The lowest BCUT2D eigenvalue weighted by Crippen LogP contribution is -2.47. The molecule has 1 fully saturated rings. The normalized spacial score (nSPS) is 45.8. The first-order chi connectivity index (χ1) is 5.15. The molecule has 0 radical (unpaired) electrons. The van der Waals surface area contributed by atoms with Crippen molar-refractivity contribution in [3.8, 4) is 0 Å². The summed E-state index contributed by atoms with van der Waals surface area (Å²) < 4.78 is 9.91. The van der Waals surface area contributed by atoms with Gasteiger partial charge in [0.2, 0.25) is 0 Å². The minimum atomic E-state index is -0.807. The molecule has 11 heavy (non-hydrogen) atoms. The van der Waals surface area contributed by atoms with Crippen LogP contribution in [0.3, 0.4) is 0 Å². The summed E-state index contributed by atoms with van der Waals surface area (Å²) in [6.45, 7) is 1.71. The molecule has 0 saturated carbocycles. The van der Waals surface area contributed by atoms with Gasteiger partial charge in [-0.15, -0.1) is 0 Å². The van der Waals surface area contributed by atoms with Crippen LogP contribution in [0.4, 0.5) is 0 Å². The molecule has 1 saturated heterocycles. The van der Waals surface area contributed by atoms with Gasteiger partial charge >= 0.3 is 0 Å². The van der Waals surface area contributed by atoms with E-state index >= 15 is 0 Å². The number of hydrogen-bond donors (Lipinski definition) is 2. The van der Waals surface area contributed by atoms with E-state index in [-0.39, 0.29) is 12.2 Å². The van der Waals surface area contributed by atoms with Crippen molar-refractivity contribution in [2.45, 2.75) is 37.9 Å². The van der Waals surface area contributed by atoms with Gasteiger partial charge in [-0.1, -0.05) is 0 Å². The molecule has 0 bridgehead atoms. The van der Waals surface area contributed by atoms with Crippen LogP contribution in [0.25, 0.3) is 0 Å². The van der Waals surface area contributed by atoms with Crippen LogP contribution >= 0.6 is 0 Å². The summed E-state index contributed by atoms with van der Waals surface area (Å²) in [4.78, 5) is 0. The van der Waals surface area contributed by atoms with Crippen molar-refractivity contribution in [1.82, 2.24) is 0 Å². The van der Waals surface area contributed by atoms with Gasteiger partial charge in [-0.2, -0.15) is 0 Å². The highest BCUT2D eigenvalue weighted by Crippen LogP contribution is 2.20. The minimum absolute atomic E-state index is 0.311. The molecule has 0 aromatic rings. The maximum Gasteiger partial charge on any atom is 0.157 e. The molecule has 4 atom stereocenters. The Morgan fingerprint density at radius 2 is 2.09 bits per heavy atom. The van der Waals surface area contributed by atoms with Gasteiger partial charge in [-0.25, -0.2) is 0 Å². The number of methoxy groups -OCH3 is 1. The monoisotopic (exact) mass is 162 g/mol. The average molecular weight is 162 g/mol. The average Bonchev–Trinajstić information content (AvgIpc) is 1.96. The molecule has 1 aliphatic rings. The summed E-state index contributed by atoms with van der Waals surface area (Å²) in [6.07, 6.45) is -1.78. The molecule has 0 spiro atoms. The van der Waals surface area contributed by atoms with Crippen molar-refractivity contribution in [2.24, 2.45) is 0 Å². The fourth-order valence-electron chi connectivity index (χ4n) is 1.26. The molecule has 66 valence electrons. The van der Waals surface area contributed by atoms with Crippen molar-refractivity contribution < 1.29 is 19.7 Å². The fourth-order valence-corrected chi connectivity index (χ4v) is 1.26. The summed E-state index contributed by atoms with van der Waals surface area (Å²) in [5.41, 5.74) is 0. The molecule has 1 aliphatic heterocycles. The number of aliphatic hydroxyl groups is 2. The Hall–Kier alpha value is -0.160. The van der Waals surface area contributed by atoms with Crippen LogP contribution in [0.2, 0.25) is 0 Å². The molecule has 1 heterocycles. The Kier molecular flexibility index (Phi) is 2.84. The predicted octanol–water partition coefficient (Wildman–Crippen LogP) is -0.510. The molecule has 1 rings (SSSR count). The highest BCUT2D eigenvalue weighted by Gasteiger charge is 2.34. The Bertz CT molecular complexity index is 128. The van der Waals surface area contributed by atoms with E-state index in [1.807, 2.05) is 0 Å². The smallest absolute Gasteiger partial charge is 0.157 e. The first kappa shape index (κ1) is 8.93. The first-order valence-electron chi connectivity index (χ1n) is 3.69. The van der Waals surface area contributed by atoms with Crippen LogP contribution in [0, 0.1) is 0 Å².